The molecule has 3 rings (SSSR count). The Morgan fingerprint density at radius 3 is 2.27 bits per heavy atom. The molecule has 1 N–H and O–H groups in total. The number of anilines is 2. The van der Waals surface area contributed by atoms with Gasteiger partial charge in [-0.25, -0.2) is 4.39 Å². The molecule has 2 aliphatic heterocycles. The Morgan fingerprint density at radius 2 is 1.68 bits per heavy atom. The summed E-state index contributed by atoms with van der Waals surface area (Å²) in [5.74, 6) is -0.491. The lowest BCUT2D eigenvalue weighted by molar-refractivity contribution is -0.880. The Balaban J connectivity index is 1.96. The van der Waals surface area contributed by atoms with E-state index in [0.717, 1.165) is 58.2 Å². The Hall–Kier alpha value is -1.89. The van der Waals surface area contributed by atoms with Crippen LogP contribution in [0.25, 0.3) is 0 Å². The summed E-state index contributed by atoms with van der Waals surface area (Å²) in [5.41, 5.74) is 0.938. The van der Waals surface area contributed by atoms with Gasteiger partial charge in [-0.1, -0.05) is 0 Å². The minimum atomic E-state index is -0.491. The molecule has 0 unspecified atom stereocenters. The van der Waals surface area contributed by atoms with Crippen molar-refractivity contribution in [2.45, 2.75) is 12.8 Å². The molecule has 1 aromatic rings. The minimum absolute atomic E-state index is 0.122. The van der Waals surface area contributed by atoms with Crippen molar-refractivity contribution < 1.29 is 14.2 Å². The topological polar surface area (TPSA) is 54.1 Å². The summed E-state index contributed by atoms with van der Waals surface area (Å²) < 4.78 is 14.4. The highest BCUT2D eigenvalue weighted by Gasteiger charge is 2.28. The Morgan fingerprint density at radius 1 is 1.09 bits per heavy atom. The molecule has 0 saturated carbocycles. The van der Waals surface area contributed by atoms with Gasteiger partial charge < -0.3 is 14.7 Å². The second-order valence-electron chi connectivity index (χ2n) is 6.19. The number of halogens is 1. The van der Waals surface area contributed by atoms with Crippen LogP contribution in [0.3, 0.4) is 0 Å². The Labute approximate surface area is 129 Å². The number of benzene rings is 1. The molecule has 2 heterocycles. The highest BCUT2D eigenvalue weighted by atomic mass is 19.1. The van der Waals surface area contributed by atoms with E-state index in [1.165, 1.54) is 4.90 Å². The van der Waals surface area contributed by atoms with Gasteiger partial charge in [0.2, 0.25) is 0 Å². The van der Waals surface area contributed by atoms with Crippen LogP contribution in [-0.4, -0.2) is 51.2 Å². The number of nitro benzene ring substituents is 1. The van der Waals surface area contributed by atoms with E-state index in [1.807, 2.05) is 9.80 Å². The van der Waals surface area contributed by atoms with Gasteiger partial charge in [0.05, 0.1) is 49.9 Å². The number of piperazine rings is 1. The van der Waals surface area contributed by atoms with Gasteiger partial charge in [-0.3, -0.25) is 10.1 Å². The molecule has 2 saturated heterocycles. The van der Waals surface area contributed by atoms with E-state index < -0.39 is 10.7 Å². The molecule has 0 spiro atoms. The van der Waals surface area contributed by atoms with Crippen molar-refractivity contribution in [3.63, 3.8) is 0 Å². The molecule has 0 aliphatic carbocycles. The fourth-order valence-corrected chi connectivity index (χ4v) is 3.27. The summed E-state index contributed by atoms with van der Waals surface area (Å²) in [6.45, 7) is 5.07. The first-order valence-electron chi connectivity index (χ1n) is 7.85. The molecule has 120 valence electrons. The van der Waals surface area contributed by atoms with Crippen LogP contribution in [0.5, 0.6) is 0 Å². The molecule has 6 nitrogen and oxygen atoms in total. The molecule has 0 atom stereocenters. The number of hydrogen-bond acceptors (Lipinski definition) is 4. The highest BCUT2D eigenvalue weighted by molar-refractivity contribution is 5.71. The van der Waals surface area contributed by atoms with Crippen molar-refractivity contribution in [1.29, 1.82) is 0 Å². The van der Waals surface area contributed by atoms with E-state index in [1.54, 1.807) is 6.07 Å². The number of nitro groups is 1. The SMILES string of the molecule is C[NH+]1CCN(c2cc(N3CCCC3)c([N+](=O)[O-])cc2F)CC1. The van der Waals surface area contributed by atoms with Crippen molar-refractivity contribution in [3.8, 4) is 0 Å². The number of nitrogens with zero attached hydrogens (tertiary/aromatic N) is 3. The molecule has 0 amide bonds. The van der Waals surface area contributed by atoms with Crippen LogP contribution in [0.2, 0.25) is 0 Å². The third-order valence-electron chi connectivity index (χ3n) is 4.65. The number of likely N-dealkylation sites (N-methyl/N-ethyl adjacent to an activating group) is 1. The summed E-state index contributed by atoms with van der Waals surface area (Å²) >= 11 is 0. The van der Waals surface area contributed by atoms with Gasteiger partial charge in [0.1, 0.15) is 5.69 Å². The summed E-state index contributed by atoms with van der Waals surface area (Å²) in [6, 6.07) is 2.77. The number of nitrogens with one attached hydrogen (secondary N) is 1. The van der Waals surface area contributed by atoms with Gasteiger partial charge in [0.25, 0.3) is 5.69 Å². The number of quaternary nitrogens is 1. The standard InChI is InChI=1S/C15H21FN4O2/c1-17-6-8-19(9-7-17)13-11-14(18-4-2-3-5-18)15(20(21)22)10-12(13)16/h10-11H,2-9H2,1H3/p+1. The van der Waals surface area contributed by atoms with Crippen molar-refractivity contribution >= 4 is 17.1 Å². The molecule has 0 radical (unpaired) electrons. The Kier molecular flexibility index (Phi) is 4.15. The van der Waals surface area contributed by atoms with Gasteiger partial charge in [0.15, 0.2) is 5.82 Å². The lowest BCUT2D eigenvalue weighted by Crippen LogP contribution is -3.12. The number of rotatable bonds is 3. The number of hydrogen-bond donors (Lipinski definition) is 1. The first kappa shape index (κ1) is 15.0. The smallest absolute Gasteiger partial charge is 0.295 e. The first-order valence-corrected chi connectivity index (χ1v) is 7.85. The monoisotopic (exact) mass is 309 g/mol. The molecule has 1 aromatic carbocycles. The van der Waals surface area contributed by atoms with E-state index in [2.05, 4.69) is 7.05 Å². The normalized spacial score (nSPS) is 19.7. The van der Waals surface area contributed by atoms with Crippen LogP contribution < -0.4 is 14.7 Å². The maximum absolute atomic E-state index is 14.4. The maximum Gasteiger partial charge on any atom is 0.295 e. The van der Waals surface area contributed by atoms with Gasteiger partial charge in [0, 0.05) is 13.1 Å². The average Bonchev–Trinajstić information content (AvgIpc) is 3.02. The lowest BCUT2D eigenvalue weighted by Gasteiger charge is -2.32. The zero-order valence-corrected chi connectivity index (χ0v) is 12.8. The van der Waals surface area contributed by atoms with Crippen LogP contribution in [0.4, 0.5) is 21.5 Å². The summed E-state index contributed by atoms with van der Waals surface area (Å²) in [4.78, 5) is 16.2. The quantitative estimate of drug-likeness (QED) is 0.659. The van der Waals surface area contributed by atoms with Gasteiger partial charge in [-0.2, -0.15) is 0 Å². The van der Waals surface area contributed by atoms with Crippen molar-refractivity contribution in [2.24, 2.45) is 0 Å². The summed E-state index contributed by atoms with van der Waals surface area (Å²) in [6.07, 6.45) is 2.06. The van der Waals surface area contributed by atoms with Crippen LogP contribution in [0.1, 0.15) is 12.8 Å². The second-order valence-corrected chi connectivity index (χ2v) is 6.19. The summed E-state index contributed by atoms with van der Waals surface area (Å²) in [7, 11) is 2.12. The third kappa shape index (κ3) is 2.85. The molecule has 0 aromatic heterocycles. The van der Waals surface area contributed by atoms with Crippen molar-refractivity contribution in [2.75, 3.05) is 56.1 Å². The molecule has 2 aliphatic rings. The van der Waals surface area contributed by atoms with Crippen molar-refractivity contribution in [1.82, 2.24) is 0 Å². The van der Waals surface area contributed by atoms with Crippen LogP contribution in [-0.2, 0) is 0 Å². The van der Waals surface area contributed by atoms with Crippen molar-refractivity contribution in [3.05, 3.63) is 28.1 Å². The third-order valence-corrected chi connectivity index (χ3v) is 4.65. The van der Waals surface area contributed by atoms with Gasteiger partial charge in [-0.15, -0.1) is 0 Å². The lowest BCUT2D eigenvalue weighted by atomic mass is 10.1. The predicted molar refractivity (Wildman–Crippen MR) is 83.3 cm³/mol. The zero-order valence-electron chi connectivity index (χ0n) is 12.8. The molecule has 0 bridgehead atoms. The van der Waals surface area contributed by atoms with E-state index >= 15 is 0 Å². The van der Waals surface area contributed by atoms with Crippen LogP contribution >= 0.6 is 0 Å². The molecular formula is C15H22FN4O2+. The van der Waals surface area contributed by atoms with Crippen LogP contribution in [0, 0.1) is 15.9 Å². The van der Waals surface area contributed by atoms with E-state index in [9.17, 15) is 14.5 Å². The molecule has 7 heteroatoms. The van der Waals surface area contributed by atoms with Gasteiger partial charge in [-0.05, 0) is 18.9 Å². The zero-order chi connectivity index (χ0) is 15.7. The van der Waals surface area contributed by atoms with Gasteiger partial charge >= 0.3 is 0 Å². The first-order chi connectivity index (χ1) is 10.6. The van der Waals surface area contributed by atoms with E-state index in [0.29, 0.717) is 11.4 Å². The summed E-state index contributed by atoms with van der Waals surface area (Å²) in [5, 5.41) is 11.3. The van der Waals surface area contributed by atoms with Crippen LogP contribution in [0.15, 0.2) is 12.1 Å². The predicted octanol–water partition coefficient (Wildman–Crippen LogP) is 0.669. The fraction of sp³-hybridized carbons (Fsp3) is 0.600. The fourth-order valence-electron chi connectivity index (χ4n) is 3.27. The largest absolute Gasteiger partial charge is 0.366 e. The minimum Gasteiger partial charge on any atom is -0.366 e. The van der Waals surface area contributed by atoms with E-state index in [4.69, 9.17) is 0 Å². The average molecular weight is 309 g/mol. The second kappa shape index (κ2) is 6.08. The molecular weight excluding hydrogens is 287 g/mol. The molecule has 2 fully saturated rings. The molecule has 22 heavy (non-hydrogen) atoms. The Bertz CT molecular complexity index is 567. The highest BCUT2D eigenvalue weighted by Crippen LogP contribution is 2.36. The maximum atomic E-state index is 14.4. The van der Waals surface area contributed by atoms with E-state index in [-0.39, 0.29) is 5.69 Å².